The van der Waals surface area contributed by atoms with Gasteiger partial charge in [0, 0.05) is 26.8 Å². The Morgan fingerprint density at radius 1 is 0.902 bits per heavy atom. The Bertz CT molecular complexity index is 950. The lowest BCUT2D eigenvalue weighted by Crippen LogP contribution is -2.56. The van der Waals surface area contributed by atoms with Crippen molar-refractivity contribution in [2.24, 2.45) is 0 Å². The van der Waals surface area contributed by atoms with Crippen molar-refractivity contribution in [2.45, 2.75) is 136 Å². The third-order valence-electron chi connectivity index (χ3n) is 7.89. The smallest absolute Gasteiger partial charge is 0.337 e. The van der Waals surface area contributed by atoms with Gasteiger partial charge in [0.2, 0.25) is 0 Å². The number of ether oxygens (including phenoxy) is 2. The molecule has 0 aliphatic heterocycles. The summed E-state index contributed by atoms with van der Waals surface area (Å²) < 4.78 is 18.6. The van der Waals surface area contributed by atoms with Crippen molar-refractivity contribution in [3.8, 4) is 0 Å². The van der Waals surface area contributed by atoms with E-state index >= 15 is 0 Å². The number of aliphatic hydroxyl groups is 1. The zero-order valence-corrected chi connectivity index (χ0v) is 28.9. The summed E-state index contributed by atoms with van der Waals surface area (Å²) in [7, 11) is -0.736. The highest BCUT2D eigenvalue weighted by Crippen LogP contribution is 2.38. The second kappa shape index (κ2) is 16.8. The predicted octanol–water partition coefficient (Wildman–Crippen LogP) is 6.75. The molecule has 1 aromatic rings. The fourth-order valence-corrected chi connectivity index (χ4v) is 5.33. The van der Waals surface area contributed by atoms with E-state index in [9.17, 15) is 9.59 Å². The third kappa shape index (κ3) is 13.4. The normalized spacial score (nSPS) is 14.0. The van der Waals surface area contributed by atoms with E-state index in [4.69, 9.17) is 19.0 Å². The number of aliphatic hydroxyl groups excluding tert-OH is 1. The fraction of sp³-hybridized carbons (Fsp3) is 0.758. The molecule has 0 saturated heterocycles. The predicted molar refractivity (Wildman–Crippen MR) is 170 cm³/mol. The first-order valence-corrected chi connectivity index (χ1v) is 18.2. The number of nitrogens with zero attached hydrogens (tertiary/aromatic N) is 1. The van der Waals surface area contributed by atoms with E-state index in [1.54, 1.807) is 11.9 Å². The minimum atomic E-state index is -2.47. The molecule has 1 amide bonds. The van der Waals surface area contributed by atoms with Crippen LogP contribution < -0.4 is 0 Å². The average Bonchev–Trinajstić information content (AvgIpc) is 2.85. The largest absolute Gasteiger partial charge is 0.458 e. The first-order valence-electron chi connectivity index (χ1n) is 15.3. The molecule has 0 fully saturated rings. The molecule has 0 unspecified atom stereocenters. The number of amides is 1. The minimum absolute atomic E-state index is 0.133. The van der Waals surface area contributed by atoms with E-state index in [0.29, 0.717) is 19.6 Å². The number of carbonyl (C=O) groups excluding carboxylic acids is 2. The topological polar surface area (TPSA) is 85.3 Å². The van der Waals surface area contributed by atoms with Crippen LogP contribution in [0.4, 0.5) is 0 Å². The summed E-state index contributed by atoms with van der Waals surface area (Å²) in [6.07, 6.45) is 3.75. The van der Waals surface area contributed by atoms with Crippen molar-refractivity contribution >= 4 is 20.2 Å². The number of hydrogen-bond acceptors (Lipinski definition) is 6. The van der Waals surface area contributed by atoms with Crippen LogP contribution in [0.5, 0.6) is 0 Å². The monoisotopic (exact) mass is 593 g/mol. The number of unbranched alkanes of at least 4 members (excludes halogenated alkanes) is 4. The van der Waals surface area contributed by atoms with Crippen molar-refractivity contribution in [3.63, 3.8) is 0 Å². The summed E-state index contributed by atoms with van der Waals surface area (Å²) in [5.41, 5.74) is 3.21. The van der Waals surface area contributed by atoms with E-state index in [-0.39, 0.29) is 17.6 Å². The van der Waals surface area contributed by atoms with Gasteiger partial charge in [0.15, 0.2) is 20.5 Å². The Morgan fingerprint density at radius 3 is 2.10 bits per heavy atom. The summed E-state index contributed by atoms with van der Waals surface area (Å²) in [5, 5.41) is 8.94. The van der Waals surface area contributed by atoms with Crippen LogP contribution >= 0.6 is 0 Å². The van der Waals surface area contributed by atoms with Gasteiger partial charge in [0.25, 0.3) is 5.91 Å². The Hall–Kier alpha value is -1.74. The van der Waals surface area contributed by atoms with Gasteiger partial charge in [-0.25, -0.2) is 4.79 Å². The number of esters is 1. The molecule has 0 heterocycles. The lowest BCUT2D eigenvalue weighted by Gasteiger charge is -2.41. The third-order valence-corrected chi connectivity index (χ3v) is 12.3. The first-order chi connectivity index (χ1) is 18.9. The average molecular weight is 594 g/mol. The zero-order chi connectivity index (χ0) is 31.4. The maximum atomic E-state index is 13.8. The van der Waals surface area contributed by atoms with Crippen LogP contribution in [-0.2, 0) is 29.9 Å². The van der Waals surface area contributed by atoms with Gasteiger partial charge in [-0.15, -0.1) is 0 Å². The zero-order valence-electron chi connectivity index (χ0n) is 27.9. The number of aryl methyl sites for hydroxylation is 3. The van der Waals surface area contributed by atoms with Gasteiger partial charge < -0.3 is 23.9 Å². The number of likely N-dealkylation sites (N-methyl/N-ethyl adjacent to an activating group) is 1. The first kappa shape index (κ1) is 37.3. The Morgan fingerprint density at radius 2 is 1.54 bits per heavy atom. The molecule has 0 aromatic heterocycles. The SMILES string of the molecule is Cc1ccc(CCCCCO[C@@H](C(=O)N(C)CCCCCO)[C@@H](O[Si](C)(C)C(C)(C)C)C(=O)OC(C)(C)C)cc1C. The quantitative estimate of drug-likeness (QED) is 0.122. The molecule has 0 saturated carbocycles. The molecule has 2 atom stereocenters. The summed E-state index contributed by atoms with van der Waals surface area (Å²) in [5.74, 6) is -0.845. The fourth-order valence-electron chi connectivity index (χ4n) is 4.12. The van der Waals surface area contributed by atoms with Crippen LogP contribution in [0.2, 0.25) is 18.1 Å². The van der Waals surface area contributed by atoms with E-state index in [2.05, 4.69) is 65.9 Å². The summed E-state index contributed by atoms with van der Waals surface area (Å²) in [6, 6.07) is 6.61. The van der Waals surface area contributed by atoms with Gasteiger partial charge in [0.1, 0.15) is 5.60 Å². The Kier molecular flexibility index (Phi) is 15.3. The molecule has 41 heavy (non-hydrogen) atoms. The molecule has 7 nitrogen and oxygen atoms in total. The van der Waals surface area contributed by atoms with Gasteiger partial charge in [0.05, 0.1) is 0 Å². The van der Waals surface area contributed by atoms with Crippen LogP contribution in [-0.4, -0.2) is 74.8 Å². The van der Waals surface area contributed by atoms with Gasteiger partial charge in [-0.1, -0.05) is 45.4 Å². The van der Waals surface area contributed by atoms with Crippen molar-refractivity contribution in [2.75, 3.05) is 26.8 Å². The highest BCUT2D eigenvalue weighted by Gasteiger charge is 2.47. The second-order valence-corrected chi connectivity index (χ2v) is 18.7. The van der Waals surface area contributed by atoms with Crippen LogP contribution in [0.3, 0.4) is 0 Å². The Labute approximate surface area is 251 Å². The van der Waals surface area contributed by atoms with E-state index in [1.165, 1.54) is 16.7 Å². The lowest BCUT2D eigenvalue weighted by atomic mass is 10.0. The molecule has 236 valence electrons. The minimum Gasteiger partial charge on any atom is -0.458 e. The molecule has 0 aliphatic carbocycles. The number of carbonyl (C=O) groups is 2. The molecule has 1 aromatic carbocycles. The molecular weight excluding hydrogens is 534 g/mol. The summed E-state index contributed by atoms with van der Waals surface area (Å²) in [6.45, 7) is 21.1. The van der Waals surface area contributed by atoms with Gasteiger partial charge in [-0.05, 0) is 108 Å². The van der Waals surface area contributed by atoms with Crippen LogP contribution in [0.25, 0.3) is 0 Å². The van der Waals surface area contributed by atoms with Crippen LogP contribution in [0, 0.1) is 13.8 Å². The van der Waals surface area contributed by atoms with Crippen molar-refractivity contribution in [3.05, 3.63) is 34.9 Å². The number of benzene rings is 1. The van der Waals surface area contributed by atoms with Crippen LogP contribution in [0.15, 0.2) is 18.2 Å². The molecule has 1 N–H and O–H groups in total. The highest BCUT2D eigenvalue weighted by molar-refractivity contribution is 6.74. The molecular formula is C33H59NO6Si. The van der Waals surface area contributed by atoms with Crippen molar-refractivity contribution < 1.29 is 28.6 Å². The van der Waals surface area contributed by atoms with Crippen LogP contribution in [0.1, 0.15) is 96.8 Å². The molecule has 1 rings (SSSR count). The molecule has 0 bridgehead atoms. The molecule has 0 radical (unpaired) electrons. The lowest BCUT2D eigenvalue weighted by molar-refractivity contribution is -0.177. The second-order valence-electron chi connectivity index (χ2n) is 13.9. The Balaban J connectivity index is 3.08. The highest BCUT2D eigenvalue weighted by atomic mass is 28.4. The molecule has 8 heteroatoms. The van der Waals surface area contributed by atoms with E-state index < -0.39 is 32.1 Å². The van der Waals surface area contributed by atoms with Gasteiger partial charge >= 0.3 is 5.97 Å². The maximum absolute atomic E-state index is 13.8. The van der Waals surface area contributed by atoms with E-state index in [0.717, 1.165) is 38.5 Å². The van der Waals surface area contributed by atoms with Crippen molar-refractivity contribution in [1.29, 1.82) is 0 Å². The summed E-state index contributed by atoms with van der Waals surface area (Å²) >= 11 is 0. The van der Waals surface area contributed by atoms with Crippen molar-refractivity contribution in [1.82, 2.24) is 4.90 Å². The maximum Gasteiger partial charge on any atom is 0.337 e. The summed E-state index contributed by atoms with van der Waals surface area (Å²) in [4.78, 5) is 29.0. The number of hydrogen-bond donors (Lipinski definition) is 1. The van der Waals surface area contributed by atoms with Gasteiger partial charge in [-0.3, -0.25) is 4.79 Å². The molecule has 0 aliphatic rings. The van der Waals surface area contributed by atoms with E-state index in [1.807, 2.05) is 20.8 Å². The standard InChI is InChI=1S/C33H59NO6Si/c1-25-19-20-27(24-26(25)2)18-14-12-17-23-38-28(30(36)34(9)21-15-13-16-22-35)29(31(37)39-32(3,4)5)40-41(10,11)33(6,7)8/h19-20,24,28-29,35H,12-18,21-23H2,1-11H3/t28-,29-/m1/s1. The van der Waals surface area contributed by atoms with Gasteiger partial charge in [-0.2, -0.15) is 0 Å². The molecule has 0 spiro atoms. The number of rotatable bonds is 17.